The number of nitrogens with two attached hydrogens (primary N) is 1. The van der Waals surface area contributed by atoms with Crippen LogP contribution in [0.3, 0.4) is 0 Å². The lowest BCUT2D eigenvalue weighted by molar-refractivity contribution is -0.147. The normalized spacial score (nSPS) is 22.0. The number of nitrogens with zero attached hydrogens (tertiary/aromatic N) is 2. The van der Waals surface area contributed by atoms with Crippen molar-refractivity contribution in [1.29, 1.82) is 0 Å². The van der Waals surface area contributed by atoms with Gasteiger partial charge in [-0.25, -0.2) is 0 Å². The van der Waals surface area contributed by atoms with Gasteiger partial charge in [0.1, 0.15) is 0 Å². The highest BCUT2D eigenvalue weighted by molar-refractivity contribution is 5.87. The zero-order valence-corrected chi connectivity index (χ0v) is 16.8. The highest BCUT2D eigenvalue weighted by Gasteiger charge is 2.36. The average molecular weight is 388 g/mol. The van der Waals surface area contributed by atoms with Crippen LogP contribution in [0.5, 0.6) is 0 Å². The van der Waals surface area contributed by atoms with Crippen molar-refractivity contribution >= 4 is 11.9 Å². The van der Waals surface area contributed by atoms with Crippen LogP contribution >= 0.6 is 0 Å². The third kappa shape index (κ3) is 5.11. The van der Waals surface area contributed by atoms with Crippen LogP contribution in [0.1, 0.15) is 31.2 Å². The van der Waals surface area contributed by atoms with Crippen LogP contribution < -0.4 is 5.73 Å². The van der Waals surface area contributed by atoms with Gasteiger partial charge in [-0.2, -0.15) is 0 Å². The van der Waals surface area contributed by atoms with Crippen molar-refractivity contribution < 1.29 is 14.7 Å². The molecule has 1 aromatic carbocycles. The van der Waals surface area contributed by atoms with E-state index in [1.807, 2.05) is 30.3 Å². The fraction of sp³-hybridized carbons (Fsp3) is 0.636. The monoisotopic (exact) mass is 387 g/mol. The van der Waals surface area contributed by atoms with E-state index in [0.29, 0.717) is 19.0 Å². The van der Waals surface area contributed by atoms with Crippen LogP contribution in [0, 0.1) is 17.8 Å². The van der Waals surface area contributed by atoms with E-state index >= 15 is 0 Å². The molecule has 0 radical (unpaired) electrons. The van der Waals surface area contributed by atoms with Gasteiger partial charge in [-0.1, -0.05) is 30.3 Å². The van der Waals surface area contributed by atoms with Gasteiger partial charge >= 0.3 is 5.97 Å². The Hall–Kier alpha value is -1.92. The number of hydrogen-bond acceptors (Lipinski definition) is 4. The molecule has 2 saturated heterocycles. The minimum Gasteiger partial charge on any atom is -0.481 e. The summed E-state index contributed by atoms with van der Waals surface area (Å²) in [5, 5.41) is 9.63. The van der Waals surface area contributed by atoms with E-state index in [9.17, 15) is 14.7 Å². The van der Waals surface area contributed by atoms with E-state index in [1.165, 1.54) is 12.8 Å². The Morgan fingerprint density at radius 1 is 1.04 bits per heavy atom. The summed E-state index contributed by atoms with van der Waals surface area (Å²) in [6.45, 7) is 3.71. The van der Waals surface area contributed by atoms with Gasteiger partial charge < -0.3 is 20.6 Å². The molecule has 0 spiro atoms. The van der Waals surface area contributed by atoms with Crippen LogP contribution in [0.15, 0.2) is 30.3 Å². The Bertz CT molecular complexity index is 650. The number of piperidine rings is 2. The highest BCUT2D eigenvalue weighted by Crippen LogP contribution is 2.32. The van der Waals surface area contributed by atoms with E-state index in [2.05, 4.69) is 11.9 Å². The van der Waals surface area contributed by atoms with Gasteiger partial charge in [0, 0.05) is 13.1 Å². The molecule has 1 aromatic rings. The third-order valence-electron chi connectivity index (χ3n) is 6.62. The molecular weight excluding hydrogens is 354 g/mol. The fourth-order valence-corrected chi connectivity index (χ4v) is 4.71. The van der Waals surface area contributed by atoms with Gasteiger partial charge in [0.25, 0.3) is 0 Å². The third-order valence-corrected chi connectivity index (χ3v) is 6.62. The lowest BCUT2D eigenvalue weighted by Gasteiger charge is -2.40. The molecule has 6 nitrogen and oxygen atoms in total. The molecule has 2 atom stereocenters. The molecule has 0 aliphatic carbocycles. The summed E-state index contributed by atoms with van der Waals surface area (Å²) in [6.07, 6.45) is 4.77. The molecule has 1 amide bonds. The largest absolute Gasteiger partial charge is 0.481 e. The van der Waals surface area contributed by atoms with E-state index in [1.54, 1.807) is 4.90 Å². The van der Waals surface area contributed by atoms with Crippen molar-refractivity contribution in [3.63, 3.8) is 0 Å². The zero-order valence-electron chi connectivity index (χ0n) is 16.8. The molecule has 3 N–H and O–H groups in total. The zero-order chi connectivity index (χ0) is 20.1. The molecule has 6 heteroatoms. The molecule has 28 heavy (non-hydrogen) atoms. The summed E-state index contributed by atoms with van der Waals surface area (Å²) in [5.41, 5.74) is 7.04. The van der Waals surface area contributed by atoms with Crippen molar-refractivity contribution in [2.24, 2.45) is 23.5 Å². The second-order valence-electron chi connectivity index (χ2n) is 8.46. The Balaban J connectivity index is 1.54. The molecule has 0 aromatic heterocycles. The summed E-state index contributed by atoms with van der Waals surface area (Å²) in [7, 11) is 2.17. The maximum Gasteiger partial charge on any atom is 0.308 e. The van der Waals surface area contributed by atoms with Gasteiger partial charge in [-0.3, -0.25) is 9.59 Å². The number of carboxylic acids is 1. The SMILES string of the molecule is CN1CCC(C2CCN(C(=O)[C@H](N)C(Cc3ccccc3)C(=O)O)CC2)CC1. The number of benzene rings is 1. The van der Waals surface area contributed by atoms with Crippen LogP contribution in [0.2, 0.25) is 0 Å². The van der Waals surface area contributed by atoms with Crippen molar-refractivity contribution in [2.45, 2.75) is 38.1 Å². The molecule has 2 heterocycles. The van der Waals surface area contributed by atoms with Crippen molar-refractivity contribution in [1.82, 2.24) is 9.80 Å². The number of aliphatic carboxylic acids is 1. The molecule has 0 bridgehead atoms. The lowest BCUT2D eigenvalue weighted by Crippen LogP contribution is -2.53. The second-order valence-corrected chi connectivity index (χ2v) is 8.46. The van der Waals surface area contributed by atoms with Gasteiger partial charge in [0.15, 0.2) is 0 Å². The summed E-state index contributed by atoms with van der Waals surface area (Å²) < 4.78 is 0. The molecule has 2 aliphatic heterocycles. The molecule has 2 aliphatic rings. The Morgan fingerprint density at radius 2 is 1.57 bits per heavy atom. The standard InChI is InChI=1S/C22H33N3O3/c1-24-11-7-17(8-12-24)18-9-13-25(14-10-18)21(26)20(23)19(22(27)28)15-16-5-3-2-4-6-16/h2-6,17-20H,7-15,23H2,1H3,(H,27,28)/t19?,20-/m1/s1. The predicted molar refractivity (Wildman–Crippen MR) is 109 cm³/mol. The number of carboxylic acid groups (broad SMARTS) is 1. The van der Waals surface area contributed by atoms with Gasteiger partial charge in [0.2, 0.25) is 5.91 Å². The molecule has 154 valence electrons. The van der Waals surface area contributed by atoms with E-state index in [-0.39, 0.29) is 12.3 Å². The molecule has 3 rings (SSSR count). The average Bonchev–Trinajstić information content (AvgIpc) is 2.72. The summed E-state index contributed by atoms with van der Waals surface area (Å²) in [6, 6.07) is 8.38. The Labute approximate surface area is 167 Å². The molecule has 1 unspecified atom stereocenters. The first-order valence-corrected chi connectivity index (χ1v) is 10.5. The Morgan fingerprint density at radius 3 is 2.11 bits per heavy atom. The Kier molecular flexibility index (Phi) is 7.08. The number of carbonyl (C=O) groups is 2. The highest BCUT2D eigenvalue weighted by atomic mass is 16.4. The molecular formula is C22H33N3O3. The van der Waals surface area contributed by atoms with Gasteiger partial charge in [-0.05, 0) is 69.6 Å². The van der Waals surface area contributed by atoms with Gasteiger partial charge in [-0.15, -0.1) is 0 Å². The maximum atomic E-state index is 12.9. The fourth-order valence-electron chi connectivity index (χ4n) is 4.71. The minimum atomic E-state index is -1.01. The first kappa shape index (κ1) is 20.8. The van der Waals surface area contributed by atoms with Crippen molar-refractivity contribution in [3.05, 3.63) is 35.9 Å². The topological polar surface area (TPSA) is 86.9 Å². The van der Waals surface area contributed by atoms with Crippen LogP contribution in [0.25, 0.3) is 0 Å². The van der Waals surface area contributed by atoms with Crippen molar-refractivity contribution in [2.75, 3.05) is 33.2 Å². The van der Waals surface area contributed by atoms with Crippen molar-refractivity contribution in [3.8, 4) is 0 Å². The second kappa shape index (κ2) is 9.52. The smallest absolute Gasteiger partial charge is 0.308 e. The summed E-state index contributed by atoms with van der Waals surface area (Å²) in [5.74, 6) is -0.696. The quantitative estimate of drug-likeness (QED) is 0.778. The predicted octanol–water partition coefficient (Wildman–Crippen LogP) is 1.84. The van der Waals surface area contributed by atoms with E-state index in [4.69, 9.17) is 5.73 Å². The van der Waals surface area contributed by atoms with Crippen LogP contribution in [-0.2, 0) is 16.0 Å². The lowest BCUT2D eigenvalue weighted by atomic mass is 9.78. The first-order chi connectivity index (χ1) is 13.5. The number of amides is 1. The summed E-state index contributed by atoms with van der Waals surface area (Å²) in [4.78, 5) is 28.8. The number of rotatable bonds is 6. The van der Waals surface area contributed by atoms with Crippen LogP contribution in [-0.4, -0.2) is 66.1 Å². The molecule has 2 fully saturated rings. The van der Waals surface area contributed by atoms with Crippen LogP contribution in [0.4, 0.5) is 0 Å². The molecule has 0 saturated carbocycles. The van der Waals surface area contributed by atoms with Gasteiger partial charge in [0.05, 0.1) is 12.0 Å². The minimum absolute atomic E-state index is 0.217. The maximum absolute atomic E-state index is 12.9. The van der Waals surface area contributed by atoms with E-state index < -0.39 is 17.9 Å². The number of carbonyl (C=O) groups excluding carboxylic acids is 1. The van der Waals surface area contributed by atoms with E-state index in [0.717, 1.165) is 37.4 Å². The number of likely N-dealkylation sites (tertiary alicyclic amines) is 2. The summed E-state index contributed by atoms with van der Waals surface area (Å²) >= 11 is 0. The first-order valence-electron chi connectivity index (χ1n) is 10.5. The number of hydrogen-bond donors (Lipinski definition) is 2.